The van der Waals surface area contributed by atoms with Gasteiger partial charge in [0.25, 0.3) is 0 Å². The van der Waals surface area contributed by atoms with Crippen molar-refractivity contribution >= 4 is 16.0 Å². The summed E-state index contributed by atoms with van der Waals surface area (Å²) >= 11 is 0. The lowest BCUT2D eigenvalue weighted by Crippen LogP contribution is -2.41. The van der Waals surface area contributed by atoms with Crippen molar-refractivity contribution in [1.82, 2.24) is 15.4 Å². The van der Waals surface area contributed by atoms with Gasteiger partial charge in [-0.05, 0) is 25.0 Å². The van der Waals surface area contributed by atoms with Gasteiger partial charge in [-0.1, -0.05) is 60.2 Å². The van der Waals surface area contributed by atoms with Gasteiger partial charge in [-0.3, -0.25) is 0 Å². The number of guanidine groups is 1. The van der Waals surface area contributed by atoms with Gasteiger partial charge < -0.3 is 10.6 Å². The van der Waals surface area contributed by atoms with Crippen molar-refractivity contribution in [2.75, 3.05) is 18.8 Å². The molecule has 6 nitrogen and oxygen atoms in total. The lowest BCUT2D eigenvalue weighted by Gasteiger charge is -2.12. The fourth-order valence-electron chi connectivity index (χ4n) is 2.37. The molecule has 0 fully saturated rings. The summed E-state index contributed by atoms with van der Waals surface area (Å²) in [6, 6.07) is 17.6. The first-order valence-electron chi connectivity index (χ1n) is 9.07. The van der Waals surface area contributed by atoms with Crippen LogP contribution in [0.3, 0.4) is 0 Å². The summed E-state index contributed by atoms with van der Waals surface area (Å²) < 4.78 is 26.9. The molecule has 0 atom stereocenters. The van der Waals surface area contributed by atoms with Gasteiger partial charge in [0.05, 0.1) is 12.3 Å². The first-order chi connectivity index (χ1) is 13.0. The molecule has 3 N–H and O–H groups in total. The van der Waals surface area contributed by atoms with Crippen molar-refractivity contribution in [2.24, 2.45) is 4.99 Å². The minimum Gasteiger partial charge on any atom is -0.357 e. The predicted molar refractivity (Wildman–Crippen MR) is 111 cm³/mol. The maximum atomic E-state index is 12.1. The zero-order valence-electron chi connectivity index (χ0n) is 15.9. The summed E-state index contributed by atoms with van der Waals surface area (Å²) in [7, 11) is -3.36. The van der Waals surface area contributed by atoms with Crippen LogP contribution in [-0.2, 0) is 23.1 Å². The van der Waals surface area contributed by atoms with E-state index >= 15 is 0 Å². The van der Waals surface area contributed by atoms with Crippen LogP contribution in [0, 0.1) is 6.92 Å². The molecule has 0 heterocycles. The van der Waals surface area contributed by atoms with Crippen molar-refractivity contribution in [1.29, 1.82) is 0 Å². The third-order valence-electron chi connectivity index (χ3n) is 3.89. The van der Waals surface area contributed by atoms with Crippen molar-refractivity contribution in [3.63, 3.8) is 0 Å². The molecule has 0 bridgehead atoms. The molecular formula is C20H28N4O2S. The average Bonchev–Trinajstić information content (AvgIpc) is 2.66. The fraction of sp³-hybridized carbons (Fsp3) is 0.350. The van der Waals surface area contributed by atoms with Crippen LogP contribution >= 0.6 is 0 Å². The smallest absolute Gasteiger partial charge is 0.213 e. The molecule has 0 aromatic heterocycles. The molecule has 7 heteroatoms. The molecule has 27 heavy (non-hydrogen) atoms. The van der Waals surface area contributed by atoms with E-state index in [2.05, 4.69) is 32.5 Å². The van der Waals surface area contributed by atoms with E-state index in [0.717, 1.165) is 11.1 Å². The maximum absolute atomic E-state index is 12.1. The fourth-order valence-corrected chi connectivity index (χ4v) is 3.27. The summed E-state index contributed by atoms with van der Waals surface area (Å²) in [5, 5.41) is 6.21. The molecule has 0 saturated heterocycles. The molecule has 146 valence electrons. The minimum absolute atomic E-state index is 0.0191. The third-order valence-corrected chi connectivity index (χ3v) is 5.21. The van der Waals surface area contributed by atoms with Crippen molar-refractivity contribution in [2.45, 2.75) is 26.9 Å². The van der Waals surface area contributed by atoms with Gasteiger partial charge in [-0.15, -0.1) is 0 Å². The molecule has 2 aromatic rings. The Bertz CT molecular complexity index is 819. The zero-order valence-corrected chi connectivity index (χ0v) is 16.7. The SMILES string of the molecule is CCNC(=NCc1ccc(C)cc1)NCCS(=O)(=O)NCc1ccccc1. The number of aryl methyl sites for hydroxylation is 1. The van der Waals surface area contributed by atoms with E-state index in [1.807, 2.05) is 56.3 Å². The Morgan fingerprint density at radius 1 is 0.963 bits per heavy atom. The van der Waals surface area contributed by atoms with Crippen LogP contribution in [0.5, 0.6) is 0 Å². The Balaban J connectivity index is 1.81. The van der Waals surface area contributed by atoms with E-state index in [1.54, 1.807) is 0 Å². The average molecular weight is 389 g/mol. The van der Waals surface area contributed by atoms with Gasteiger partial charge in [0.15, 0.2) is 5.96 Å². The molecule has 0 aliphatic heterocycles. The largest absolute Gasteiger partial charge is 0.357 e. The standard InChI is InChI=1S/C20H28N4O2S/c1-3-21-20(23-15-19-11-9-17(2)10-12-19)22-13-14-27(25,26)24-16-18-7-5-4-6-8-18/h4-12,24H,3,13-16H2,1-2H3,(H2,21,22,23). The van der Waals surface area contributed by atoms with E-state index in [9.17, 15) is 8.42 Å². The molecule has 2 aromatic carbocycles. The van der Waals surface area contributed by atoms with Gasteiger partial charge in [0, 0.05) is 19.6 Å². The van der Waals surface area contributed by atoms with Crippen LogP contribution < -0.4 is 15.4 Å². The van der Waals surface area contributed by atoms with E-state index in [1.165, 1.54) is 5.56 Å². The summed E-state index contributed by atoms with van der Waals surface area (Å²) in [6.45, 7) is 5.84. The van der Waals surface area contributed by atoms with Gasteiger partial charge in [-0.2, -0.15) is 0 Å². The monoisotopic (exact) mass is 388 g/mol. The number of benzene rings is 2. The number of nitrogens with zero attached hydrogens (tertiary/aromatic N) is 1. The second kappa shape index (κ2) is 10.7. The van der Waals surface area contributed by atoms with Crippen LogP contribution in [0.25, 0.3) is 0 Å². The van der Waals surface area contributed by atoms with E-state index in [-0.39, 0.29) is 12.3 Å². The quantitative estimate of drug-likeness (QED) is 0.454. The molecule has 0 aliphatic carbocycles. The third kappa shape index (κ3) is 8.23. The van der Waals surface area contributed by atoms with E-state index < -0.39 is 10.0 Å². The molecule has 0 amide bonds. The van der Waals surface area contributed by atoms with Crippen LogP contribution in [-0.4, -0.2) is 33.2 Å². The van der Waals surface area contributed by atoms with Crippen molar-refractivity contribution < 1.29 is 8.42 Å². The molecule has 0 radical (unpaired) electrons. The van der Waals surface area contributed by atoms with Gasteiger partial charge in [0.1, 0.15) is 0 Å². The van der Waals surface area contributed by atoms with Gasteiger partial charge >= 0.3 is 0 Å². The number of sulfonamides is 1. The number of nitrogens with one attached hydrogen (secondary N) is 3. The molecular weight excluding hydrogens is 360 g/mol. The molecule has 0 aliphatic rings. The topological polar surface area (TPSA) is 82.6 Å². The Hall–Kier alpha value is -2.38. The van der Waals surface area contributed by atoms with Crippen LogP contribution in [0.4, 0.5) is 0 Å². The molecule has 2 rings (SSSR count). The summed E-state index contributed by atoms with van der Waals surface area (Å²) in [6.07, 6.45) is 0. The number of hydrogen-bond acceptors (Lipinski definition) is 3. The highest BCUT2D eigenvalue weighted by atomic mass is 32.2. The first-order valence-corrected chi connectivity index (χ1v) is 10.7. The Labute approximate surface area is 162 Å². The van der Waals surface area contributed by atoms with Crippen LogP contribution in [0.2, 0.25) is 0 Å². The van der Waals surface area contributed by atoms with E-state index in [4.69, 9.17) is 0 Å². The second-order valence-corrected chi connectivity index (χ2v) is 8.16. The van der Waals surface area contributed by atoms with Crippen molar-refractivity contribution in [3.8, 4) is 0 Å². The first kappa shape index (κ1) is 20.9. The predicted octanol–water partition coefficient (Wildman–Crippen LogP) is 2.17. The lowest BCUT2D eigenvalue weighted by atomic mass is 10.1. The summed E-state index contributed by atoms with van der Waals surface area (Å²) in [5.74, 6) is 0.589. The van der Waals surface area contributed by atoms with Crippen LogP contribution in [0.1, 0.15) is 23.6 Å². The van der Waals surface area contributed by atoms with Crippen LogP contribution in [0.15, 0.2) is 59.6 Å². The summed E-state index contributed by atoms with van der Waals surface area (Å²) in [4.78, 5) is 4.51. The zero-order chi connectivity index (χ0) is 19.5. The van der Waals surface area contributed by atoms with E-state index in [0.29, 0.717) is 25.6 Å². The minimum atomic E-state index is -3.36. The molecule has 0 spiro atoms. The molecule has 0 unspecified atom stereocenters. The number of aliphatic imine (C=N–C) groups is 1. The highest BCUT2D eigenvalue weighted by molar-refractivity contribution is 7.89. The van der Waals surface area contributed by atoms with Crippen molar-refractivity contribution in [3.05, 3.63) is 71.3 Å². The number of rotatable bonds is 9. The van der Waals surface area contributed by atoms with Gasteiger partial charge in [0.2, 0.25) is 10.0 Å². The Kier molecular flexibility index (Phi) is 8.29. The highest BCUT2D eigenvalue weighted by Gasteiger charge is 2.10. The number of hydrogen-bond donors (Lipinski definition) is 3. The normalized spacial score (nSPS) is 12.0. The maximum Gasteiger partial charge on any atom is 0.213 e. The highest BCUT2D eigenvalue weighted by Crippen LogP contribution is 2.04. The lowest BCUT2D eigenvalue weighted by molar-refractivity contribution is 0.580. The van der Waals surface area contributed by atoms with Gasteiger partial charge in [-0.25, -0.2) is 18.1 Å². The summed E-state index contributed by atoms with van der Waals surface area (Å²) in [5.41, 5.74) is 3.25. The second-order valence-electron chi connectivity index (χ2n) is 6.23. The Morgan fingerprint density at radius 2 is 1.67 bits per heavy atom. The Morgan fingerprint density at radius 3 is 2.33 bits per heavy atom. The molecule has 0 saturated carbocycles.